The molecule has 0 saturated carbocycles. The zero-order valence-corrected chi connectivity index (χ0v) is 13.1. The number of halogens is 2. The molecule has 3 N–H and O–H groups in total. The third-order valence-corrected chi connectivity index (χ3v) is 3.02. The van der Waals surface area contributed by atoms with E-state index < -0.39 is 30.1 Å². The number of ether oxygens (including phenoxy) is 2. The number of para-hydroxylation sites is 2. The molecule has 2 amide bonds. The third kappa shape index (κ3) is 5.76. The highest BCUT2D eigenvalue weighted by Gasteiger charge is 2.11. The standard InChI is InChI=1S/C17H16F2N2O4/c18-11-5-6-14(12(19)9-11)25-10-17(23)21-13-3-1-2-4-15(13)24-8-7-16(20)22/h1-6,9H,7-8,10H2,(H2,20,22)(H,21,23). The SMILES string of the molecule is NC(=O)CCOc1ccccc1NC(=O)COc1ccc(F)cc1F. The lowest BCUT2D eigenvalue weighted by molar-refractivity contribution is -0.119. The van der Waals surface area contributed by atoms with E-state index in [0.717, 1.165) is 12.1 Å². The van der Waals surface area contributed by atoms with Crippen LogP contribution >= 0.6 is 0 Å². The fourth-order valence-electron chi connectivity index (χ4n) is 1.88. The Bertz CT molecular complexity index is 768. The van der Waals surface area contributed by atoms with Crippen molar-refractivity contribution in [1.29, 1.82) is 0 Å². The number of hydrogen-bond acceptors (Lipinski definition) is 4. The molecular weight excluding hydrogens is 334 g/mol. The number of primary amides is 1. The van der Waals surface area contributed by atoms with E-state index in [0.29, 0.717) is 17.5 Å². The molecule has 0 fully saturated rings. The Morgan fingerprint density at radius 1 is 1.04 bits per heavy atom. The molecule has 0 heterocycles. The van der Waals surface area contributed by atoms with Gasteiger partial charge < -0.3 is 20.5 Å². The zero-order chi connectivity index (χ0) is 18.2. The summed E-state index contributed by atoms with van der Waals surface area (Å²) in [6, 6.07) is 9.36. The van der Waals surface area contributed by atoms with Gasteiger partial charge in [-0.25, -0.2) is 8.78 Å². The number of anilines is 1. The first-order valence-corrected chi connectivity index (χ1v) is 7.33. The van der Waals surface area contributed by atoms with Gasteiger partial charge in [0.2, 0.25) is 5.91 Å². The first-order chi connectivity index (χ1) is 12.0. The largest absolute Gasteiger partial charge is 0.491 e. The van der Waals surface area contributed by atoms with Gasteiger partial charge in [0.25, 0.3) is 5.91 Å². The maximum absolute atomic E-state index is 13.4. The topological polar surface area (TPSA) is 90.7 Å². The van der Waals surface area contributed by atoms with E-state index >= 15 is 0 Å². The second kappa shape index (κ2) is 8.62. The van der Waals surface area contributed by atoms with Crippen LogP contribution in [0.25, 0.3) is 0 Å². The van der Waals surface area contributed by atoms with Gasteiger partial charge in [-0.1, -0.05) is 12.1 Å². The second-order valence-corrected chi connectivity index (χ2v) is 4.97. The molecule has 0 bridgehead atoms. The Balaban J connectivity index is 1.92. The van der Waals surface area contributed by atoms with Crippen LogP contribution in [-0.4, -0.2) is 25.0 Å². The van der Waals surface area contributed by atoms with Gasteiger partial charge in [0.05, 0.1) is 18.7 Å². The van der Waals surface area contributed by atoms with Crippen LogP contribution in [0.4, 0.5) is 14.5 Å². The first kappa shape index (κ1) is 18.2. The van der Waals surface area contributed by atoms with Crippen LogP contribution in [0.5, 0.6) is 11.5 Å². The average Bonchev–Trinajstić information content (AvgIpc) is 2.55. The predicted octanol–water partition coefficient (Wildman–Crippen LogP) is 2.24. The van der Waals surface area contributed by atoms with Crippen LogP contribution in [-0.2, 0) is 9.59 Å². The molecule has 2 aromatic carbocycles. The van der Waals surface area contributed by atoms with Gasteiger partial charge in [0.1, 0.15) is 11.6 Å². The van der Waals surface area contributed by atoms with E-state index in [-0.39, 0.29) is 18.8 Å². The van der Waals surface area contributed by atoms with Crippen molar-refractivity contribution in [3.63, 3.8) is 0 Å². The maximum atomic E-state index is 13.4. The Morgan fingerprint density at radius 2 is 1.80 bits per heavy atom. The molecule has 0 aliphatic heterocycles. The van der Waals surface area contributed by atoms with Gasteiger partial charge in [0.15, 0.2) is 18.2 Å². The fraction of sp³-hybridized carbons (Fsp3) is 0.176. The van der Waals surface area contributed by atoms with Crippen molar-refractivity contribution in [2.24, 2.45) is 5.73 Å². The number of hydrogen-bond donors (Lipinski definition) is 2. The lowest BCUT2D eigenvalue weighted by Crippen LogP contribution is -2.21. The lowest BCUT2D eigenvalue weighted by Gasteiger charge is -2.12. The molecule has 0 aromatic heterocycles. The summed E-state index contributed by atoms with van der Waals surface area (Å²) in [6.07, 6.45) is 0.0369. The van der Waals surface area contributed by atoms with Crippen molar-refractivity contribution in [3.8, 4) is 11.5 Å². The summed E-state index contributed by atoms with van der Waals surface area (Å²) in [5, 5.41) is 2.55. The average molecular weight is 350 g/mol. The van der Waals surface area contributed by atoms with Crippen molar-refractivity contribution in [2.75, 3.05) is 18.5 Å². The number of benzene rings is 2. The summed E-state index contributed by atoms with van der Waals surface area (Å²) in [5.74, 6) is -2.59. The van der Waals surface area contributed by atoms with E-state index in [9.17, 15) is 18.4 Å². The Morgan fingerprint density at radius 3 is 2.52 bits per heavy atom. The molecule has 0 atom stereocenters. The molecular formula is C17H16F2N2O4. The molecule has 0 aliphatic carbocycles. The molecule has 132 valence electrons. The van der Waals surface area contributed by atoms with E-state index in [1.807, 2.05) is 0 Å². The fourth-order valence-corrected chi connectivity index (χ4v) is 1.88. The molecule has 6 nitrogen and oxygen atoms in total. The second-order valence-electron chi connectivity index (χ2n) is 4.97. The highest BCUT2D eigenvalue weighted by molar-refractivity contribution is 5.93. The van der Waals surface area contributed by atoms with Gasteiger partial charge in [-0.05, 0) is 24.3 Å². The van der Waals surface area contributed by atoms with Crippen LogP contribution in [0.1, 0.15) is 6.42 Å². The Hall–Kier alpha value is -3.16. The molecule has 8 heteroatoms. The van der Waals surface area contributed by atoms with E-state index in [4.69, 9.17) is 15.2 Å². The van der Waals surface area contributed by atoms with E-state index in [1.54, 1.807) is 24.3 Å². The minimum atomic E-state index is -0.900. The number of nitrogens with two attached hydrogens (primary N) is 1. The molecule has 25 heavy (non-hydrogen) atoms. The highest BCUT2D eigenvalue weighted by Crippen LogP contribution is 2.24. The molecule has 0 aliphatic rings. The van der Waals surface area contributed by atoms with Crippen LogP contribution in [0.15, 0.2) is 42.5 Å². The van der Waals surface area contributed by atoms with Crippen LogP contribution in [0.3, 0.4) is 0 Å². The van der Waals surface area contributed by atoms with Gasteiger partial charge in [-0.3, -0.25) is 9.59 Å². The van der Waals surface area contributed by atoms with Gasteiger partial charge >= 0.3 is 0 Å². The van der Waals surface area contributed by atoms with E-state index in [1.165, 1.54) is 0 Å². The Labute approximate surface area is 142 Å². The normalized spacial score (nSPS) is 10.2. The maximum Gasteiger partial charge on any atom is 0.262 e. The summed E-state index contributed by atoms with van der Waals surface area (Å²) in [7, 11) is 0. The summed E-state index contributed by atoms with van der Waals surface area (Å²) in [5.41, 5.74) is 5.39. The molecule has 2 rings (SSSR count). The molecule has 0 radical (unpaired) electrons. The van der Waals surface area contributed by atoms with Crippen LogP contribution < -0.4 is 20.5 Å². The monoisotopic (exact) mass is 350 g/mol. The number of carbonyl (C=O) groups is 2. The minimum absolute atomic E-state index is 0.0369. The first-order valence-electron chi connectivity index (χ1n) is 7.33. The van der Waals surface area contributed by atoms with Gasteiger partial charge in [-0.15, -0.1) is 0 Å². The smallest absolute Gasteiger partial charge is 0.262 e. The lowest BCUT2D eigenvalue weighted by atomic mass is 10.3. The van der Waals surface area contributed by atoms with Gasteiger partial charge in [0, 0.05) is 6.07 Å². The van der Waals surface area contributed by atoms with Gasteiger partial charge in [-0.2, -0.15) is 0 Å². The predicted molar refractivity (Wildman–Crippen MR) is 86.2 cm³/mol. The summed E-state index contributed by atoms with van der Waals surface area (Å²) in [4.78, 5) is 22.7. The third-order valence-electron chi connectivity index (χ3n) is 3.02. The van der Waals surface area contributed by atoms with Crippen molar-refractivity contribution >= 4 is 17.5 Å². The number of amides is 2. The number of rotatable bonds is 8. The van der Waals surface area contributed by atoms with E-state index in [2.05, 4.69) is 5.32 Å². The number of carbonyl (C=O) groups excluding carboxylic acids is 2. The quantitative estimate of drug-likeness (QED) is 0.764. The van der Waals surface area contributed by atoms with Crippen molar-refractivity contribution in [3.05, 3.63) is 54.1 Å². The van der Waals surface area contributed by atoms with Crippen molar-refractivity contribution in [1.82, 2.24) is 0 Å². The molecule has 0 spiro atoms. The van der Waals surface area contributed by atoms with Crippen LogP contribution in [0.2, 0.25) is 0 Å². The summed E-state index contributed by atoms with van der Waals surface area (Å²) in [6.45, 7) is -0.405. The van der Waals surface area contributed by atoms with Crippen molar-refractivity contribution in [2.45, 2.75) is 6.42 Å². The minimum Gasteiger partial charge on any atom is -0.491 e. The highest BCUT2D eigenvalue weighted by atomic mass is 19.1. The number of nitrogens with one attached hydrogen (secondary N) is 1. The molecule has 0 unspecified atom stereocenters. The molecule has 0 saturated heterocycles. The Kier molecular flexibility index (Phi) is 6.27. The summed E-state index contributed by atoms with van der Waals surface area (Å²) < 4.78 is 36.7. The molecule has 2 aromatic rings. The van der Waals surface area contributed by atoms with Crippen molar-refractivity contribution < 1.29 is 27.8 Å². The van der Waals surface area contributed by atoms with Crippen LogP contribution in [0, 0.1) is 11.6 Å². The summed E-state index contributed by atoms with van der Waals surface area (Å²) >= 11 is 0. The zero-order valence-electron chi connectivity index (χ0n) is 13.1.